The van der Waals surface area contributed by atoms with Gasteiger partial charge in [0, 0.05) is 18.9 Å². The zero-order chi connectivity index (χ0) is 14.0. The van der Waals surface area contributed by atoms with Gasteiger partial charge in [-0.15, -0.1) is 0 Å². The highest BCUT2D eigenvalue weighted by Gasteiger charge is 2.31. The second kappa shape index (κ2) is 5.03. The first-order valence-corrected chi connectivity index (χ1v) is 6.48. The van der Waals surface area contributed by atoms with Gasteiger partial charge < -0.3 is 10.4 Å². The Morgan fingerprint density at radius 3 is 2.68 bits per heavy atom. The van der Waals surface area contributed by atoms with Crippen molar-refractivity contribution in [3.05, 3.63) is 35.4 Å². The summed E-state index contributed by atoms with van der Waals surface area (Å²) in [5.41, 5.74) is 1.62. The van der Waals surface area contributed by atoms with Crippen molar-refractivity contribution >= 4 is 11.9 Å². The third kappa shape index (κ3) is 2.95. The van der Waals surface area contributed by atoms with Crippen molar-refractivity contribution in [2.24, 2.45) is 5.41 Å². The molecule has 2 rings (SSSR count). The number of amides is 1. The predicted molar refractivity (Wildman–Crippen MR) is 71.9 cm³/mol. The van der Waals surface area contributed by atoms with Gasteiger partial charge in [-0.25, -0.2) is 0 Å². The van der Waals surface area contributed by atoms with Crippen molar-refractivity contribution in [3.63, 3.8) is 0 Å². The maximum absolute atomic E-state index is 11.7. The summed E-state index contributed by atoms with van der Waals surface area (Å²) in [6, 6.07) is 8.20. The maximum Gasteiger partial charge on any atom is 0.309 e. The molecule has 0 spiro atoms. The lowest BCUT2D eigenvalue weighted by atomic mass is 9.77. The molecule has 0 saturated heterocycles. The van der Waals surface area contributed by atoms with Crippen LogP contribution < -0.4 is 5.32 Å². The first kappa shape index (κ1) is 13.6. The number of hydrogen-bond donors (Lipinski definition) is 2. The molecule has 2 N–H and O–H groups in total. The molecule has 1 aromatic carbocycles. The molecule has 4 nitrogen and oxygen atoms in total. The van der Waals surface area contributed by atoms with Crippen LogP contribution in [-0.4, -0.2) is 23.5 Å². The van der Waals surface area contributed by atoms with Crippen LogP contribution >= 0.6 is 0 Å². The third-order valence-electron chi connectivity index (χ3n) is 3.69. The van der Waals surface area contributed by atoms with E-state index in [-0.39, 0.29) is 12.3 Å². The molecule has 102 valence electrons. The maximum atomic E-state index is 11.7. The number of aliphatic carboxylic acids is 1. The van der Waals surface area contributed by atoms with Gasteiger partial charge in [0.05, 0.1) is 5.41 Å². The summed E-state index contributed by atoms with van der Waals surface area (Å²) in [5.74, 6) is -0.776. The van der Waals surface area contributed by atoms with Crippen LogP contribution in [-0.2, 0) is 16.0 Å². The Labute approximate surface area is 112 Å². The molecule has 1 aromatic rings. The van der Waals surface area contributed by atoms with E-state index in [4.69, 9.17) is 5.11 Å². The Morgan fingerprint density at radius 1 is 1.37 bits per heavy atom. The Morgan fingerprint density at radius 2 is 2.05 bits per heavy atom. The van der Waals surface area contributed by atoms with Crippen molar-refractivity contribution in [1.82, 2.24) is 5.32 Å². The minimum absolute atomic E-state index is 0.0106. The minimum atomic E-state index is -1.01. The van der Waals surface area contributed by atoms with E-state index in [1.54, 1.807) is 13.8 Å². The van der Waals surface area contributed by atoms with Crippen molar-refractivity contribution < 1.29 is 14.7 Å². The second-order valence-electron chi connectivity index (χ2n) is 5.77. The molecule has 0 radical (unpaired) electrons. The van der Waals surface area contributed by atoms with Gasteiger partial charge in [-0.05, 0) is 31.4 Å². The standard InChI is InChI=1S/C15H19NO3/c1-15(2,14(18)19)8-13(17)16-9-11-7-10-5-3-4-6-12(10)11/h3-6,11H,7-9H2,1-2H3,(H,16,17)(H,18,19). The van der Waals surface area contributed by atoms with Crippen LogP contribution in [0.1, 0.15) is 37.3 Å². The molecule has 0 aromatic heterocycles. The molecule has 4 heteroatoms. The van der Waals surface area contributed by atoms with E-state index in [0.29, 0.717) is 12.5 Å². The zero-order valence-electron chi connectivity index (χ0n) is 11.3. The van der Waals surface area contributed by atoms with E-state index in [9.17, 15) is 9.59 Å². The summed E-state index contributed by atoms with van der Waals surface area (Å²) < 4.78 is 0. The molecule has 1 amide bonds. The molecule has 1 atom stereocenters. The number of rotatable bonds is 5. The average molecular weight is 261 g/mol. The normalized spacial score (nSPS) is 17.3. The lowest BCUT2D eigenvalue weighted by Crippen LogP contribution is -2.37. The van der Waals surface area contributed by atoms with Gasteiger partial charge in [0.25, 0.3) is 0 Å². The molecular weight excluding hydrogens is 242 g/mol. The van der Waals surface area contributed by atoms with Crippen LogP contribution in [0.4, 0.5) is 0 Å². The molecule has 1 unspecified atom stereocenters. The number of hydrogen-bond acceptors (Lipinski definition) is 2. The van der Waals surface area contributed by atoms with Crippen molar-refractivity contribution in [3.8, 4) is 0 Å². The lowest BCUT2D eigenvalue weighted by Gasteiger charge is -2.30. The van der Waals surface area contributed by atoms with Gasteiger partial charge in [-0.1, -0.05) is 24.3 Å². The fourth-order valence-electron chi connectivity index (χ4n) is 2.32. The number of nitrogens with one attached hydrogen (secondary N) is 1. The minimum Gasteiger partial charge on any atom is -0.481 e. The number of carboxylic acid groups (broad SMARTS) is 1. The quantitative estimate of drug-likeness (QED) is 0.851. The summed E-state index contributed by atoms with van der Waals surface area (Å²) >= 11 is 0. The number of carboxylic acids is 1. The van der Waals surface area contributed by atoms with Crippen LogP contribution in [0.3, 0.4) is 0 Å². The van der Waals surface area contributed by atoms with Crippen molar-refractivity contribution in [2.45, 2.75) is 32.6 Å². The van der Waals surface area contributed by atoms with Crippen LogP contribution in [0, 0.1) is 5.41 Å². The van der Waals surface area contributed by atoms with E-state index in [2.05, 4.69) is 17.4 Å². The summed E-state index contributed by atoms with van der Waals surface area (Å²) in [6.07, 6.45) is 0.996. The fraction of sp³-hybridized carbons (Fsp3) is 0.467. The number of benzene rings is 1. The van der Waals surface area contributed by atoms with Crippen LogP contribution in [0.2, 0.25) is 0 Å². The first-order valence-electron chi connectivity index (χ1n) is 6.48. The Kier molecular flexibility index (Phi) is 3.60. The Bertz CT molecular complexity index is 508. The lowest BCUT2D eigenvalue weighted by molar-refractivity contribution is -0.149. The molecular formula is C15H19NO3. The Balaban J connectivity index is 1.82. The van der Waals surface area contributed by atoms with Gasteiger partial charge in [0.15, 0.2) is 0 Å². The highest BCUT2D eigenvalue weighted by Crippen LogP contribution is 2.34. The fourth-order valence-corrected chi connectivity index (χ4v) is 2.32. The number of carbonyl (C=O) groups excluding carboxylic acids is 1. The molecule has 1 aliphatic rings. The average Bonchev–Trinajstić information content (AvgIpc) is 2.29. The smallest absolute Gasteiger partial charge is 0.309 e. The summed E-state index contributed by atoms with van der Waals surface area (Å²) in [7, 11) is 0. The Hall–Kier alpha value is -1.84. The zero-order valence-corrected chi connectivity index (χ0v) is 11.3. The van der Waals surface area contributed by atoms with E-state index in [0.717, 1.165) is 6.42 Å². The van der Waals surface area contributed by atoms with Gasteiger partial charge in [-0.3, -0.25) is 9.59 Å². The van der Waals surface area contributed by atoms with Gasteiger partial charge in [0.2, 0.25) is 5.91 Å². The number of fused-ring (bicyclic) bond motifs is 1. The van der Waals surface area contributed by atoms with E-state index < -0.39 is 11.4 Å². The predicted octanol–water partition coefficient (Wildman–Crippen LogP) is 1.94. The molecule has 0 aliphatic heterocycles. The van der Waals surface area contributed by atoms with Gasteiger partial charge in [-0.2, -0.15) is 0 Å². The summed E-state index contributed by atoms with van der Waals surface area (Å²) in [6.45, 7) is 3.71. The second-order valence-corrected chi connectivity index (χ2v) is 5.77. The largest absolute Gasteiger partial charge is 0.481 e. The highest BCUT2D eigenvalue weighted by atomic mass is 16.4. The van der Waals surface area contributed by atoms with Gasteiger partial charge in [0.1, 0.15) is 0 Å². The van der Waals surface area contributed by atoms with Gasteiger partial charge >= 0.3 is 5.97 Å². The molecule has 19 heavy (non-hydrogen) atoms. The van der Waals surface area contributed by atoms with E-state index in [1.165, 1.54) is 11.1 Å². The molecule has 0 fully saturated rings. The molecule has 0 bridgehead atoms. The third-order valence-corrected chi connectivity index (χ3v) is 3.69. The summed E-state index contributed by atoms with van der Waals surface area (Å²) in [4.78, 5) is 22.7. The SMILES string of the molecule is CC(C)(CC(=O)NCC1Cc2ccccc21)C(=O)O. The monoisotopic (exact) mass is 261 g/mol. The summed E-state index contributed by atoms with van der Waals surface area (Å²) in [5, 5.41) is 11.8. The molecule has 1 aliphatic carbocycles. The van der Waals surface area contributed by atoms with Crippen molar-refractivity contribution in [1.29, 1.82) is 0 Å². The van der Waals surface area contributed by atoms with Crippen LogP contribution in [0.15, 0.2) is 24.3 Å². The first-order chi connectivity index (χ1) is 8.90. The van der Waals surface area contributed by atoms with Crippen LogP contribution in [0.5, 0.6) is 0 Å². The van der Waals surface area contributed by atoms with Crippen LogP contribution in [0.25, 0.3) is 0 Å². The molecule has 0 saturated carbocycles. The van der Waals surface area contributed by atoms with Crippen molar-refractivity contribution in [2.75, 3.05) is 6.54 Å². The van der Waals surface area contributed by atoms with E-state index >= 15 is 0 Å². The topological polar surface area (TPSA) is 66.4 Å². The highest BCUT2D eigenvalue weighted by molar-refractivity contribution is 5.84. The number of carbonyl (C=O) groups is 2. The van der Waals surface area contributed by atoms with E-state index in [1.807, 2.05) is 12.1 Å². The molecule has 0 heterocycles.